The maximum atomic E-state index is 5.90. The van der Waals surface area contributed by atoms with Gasteiger partial charge in [0.1, 0.15) is 10.8 Å². The first-order valence-electron chi connectivity index (χ1n) is 6.68. The molecule has 0 fully saturated rings. The van der Waals surface area contributed by atoms with Crippen molar-refractivity contribution in [3.05, 3.63) is 72.3 Å². The number of nitrogens with two attached hydrogens (primary N) is 1. The van der Waals surface area contributed by atoms with Crippen LogP contribution in [0.3, 0.4) is 0 Å². The van der Waals surface area contributed by atoms with Gasteiger partial charge >= 0.3 is 0 Å². The van der Waals surface area contributed by atoms with E-state index < -0.39 is 0 Å². The summed E-state index contributed by atoms with van der Waals surface area (Å²) in [6.07, 6.45) is 0. The third kappa shape index (κ3) is 3.61. The number of nitrogen functional groups attached to an aromatic ring is 1. The quantitative estimate of drug-likeness (QED) is 0.583. The zero-order chi connectivity index (χ0) is 14.5. The van der Waals surface area contributed by atoms with Crippen molar-refractivity contribution in [2.75, 3.05) is 5.73 Å². The molecular formula is C17H15N3S. The van der Waals surface area contributed by atoms with Gasteiger partial charge in [0.25, 0.3) is 0 Å². The average molecular weight is 293 g/mol. The highest BCUT2D eigenvalue weighted by molar-refractivity contribution is 7.98. The third-order valence-electron chi connectivity index (χ3n) is 2.98. The Balaban J connectivity index is 1.82. The fourth-order valence-corrected chi connectivity index (χ4v) is 2.83. The van der Waals surface area contributed by atoms with Crippen LogP contribution >= 0.6 is 11.8 Å². The molecule has 0 unspecified atom stereocenters. The Bertz CT molecular complexity index is 715. The summed E-state index contributed by atoms with van der Waals surface area (Å²) >= 11 is 1.67. The Morgan fingerprint density at radius 2 is 1.52 bits per heavy atom. The Hall–Kier alpha value is -2.33. The van der Waals surface area contributed by atoms with Gasteiger partial charge in [0.05, 0.1) is 0 Å². The van der Waals surface area contributed by atoms with Crippen LogP contribution in [0.5, 0.6) is 0 Å². The smallest absolute Gasteiger partial charge is 0.162 e. The van der Waals surface area contributed by atoms with E-state index in [1.165, 1.54) is 5.56 Å². The molecule has 0 bridgehead atoms. The lowest BCUT2D eigenvalue weighted by atomic mass is 10.2. The van der Waals surface area contributed by atoms with Crippen LogP contribution in [0.25, 0.3) is 11.4 Å². The van der Waals surface area contributed by atoms with Gasteiger partial charge < -0.3 is 5.73 Å². The molecule has 0 aliphatic carbocycles. The lowest BCUT2D eigenvalue weighted by Crippen LogP contribution is -1.97. The molecule has 21 heavy (non-hydrogen) atoms. The van der Waals surface area contributed by atoms with E-state index in [0.29, 0.717) is 11.6 Å². The number of aromatic nitrogens is 2. The topological polar surface area (TPSA) is 51.8 Å². The first kappa shape index (κ1) is 13.6. The van der Waals surface area contributed by atoms with E-state index in [9.17, 15) is 0 Å². The summed E-state index contributed by atoms with van der Waals surface area (Å²) in [4.78, 5) is 8.90. The Morgan fingerprint density at radius 1 is 0.857 bits per heavy atom. The van der Waals surface area contributed by atoms with Gasteiger partial charge in [0.2, 0.25) is 0 Å². The van der Waals surface area contributed by atoms with Crippen molar-refractivity contribution in [2.24, 2.45) is 0 Å². The van der Waals surface area contributed by atoms with Crippen LogP contribution in [0.4, 0.5) is 5.82 Å². The summed E-state index contributed by atoms with van der Waals surface area (Å²) in [6.45, 7) is 0. The van der Waals surface area contributed by atoms with Crippen LogP contribution in [0, 0.1) is 0 Å². The Morgan fingerprint density at radius 3 is 2.24 bits per heavy atom. The summed E-state index contributed by atoms with van der Waals surface area (Å²) in [6, 6.07) is 22.0. The lowest BCUT2D eigenvalue weighted by Gasteiger charge is -2.06. The van der Waals surface area contributed by atoms with Crippen LogP contribution in [0.1, 0.15) is 5.56 Å². The van der Waals surface area contributed by atoms with Crippen LogP contribution in [0.2, 0.25) is 0 Å². The predicted octanol–water partition coefficient (Wildman–Crippen LogP) is 4.02. The summed E-state index contributed by atoms with van der Waals surface area (Å²) in [5, 5.41) is 0.894. The molecule has 2 aromatic carbocycles. The summed E-state index contributed by atoms with van der Waals surface area (Å²) in [5.41, 5.74) is 8.14. The van der Waals surface area contributed by atoms with Crippen molar-refractivity contribution < 1.29 is 0 Å². The van der Waals surface area contributed by atoms with Gasteiger partial charge in [0.15, 0.2) is 5.82 Å². The number of hydrogen-bond acceptors (Lipinski definition) is 4. The predicted molar refractivity (Wildman–Crippen MR) is 87.9 cm³/mol. The van der Waals surface area contributed by atoms with Gasteiger partial charge in [-0.1, -0.05) is 60.7 Å². The van der Waals surface area contributed by atoms with Crippen molar-refractivity contribution in [2.45, 2.75) is 10.8 Å². The second-order valence-electron chi connectivity index (χ2n) is 4.59. The van der Waals surface area contributed by atoms with Crippen molar-refractivity contribution >= 4 is 17.6 Å². The molecule has 3 rings (SSSR count). The number of nitrogens with zero attached hydrogens (tertiary/aromatic N) is 2. The molecule has 0 radical (unpaired) electrons. The number of thioether (sulfide) groups is 1. The van der Waals surface area contributed by atoms with E-state index in [0.717, 1.165) is 16.3 Å². The maximum absolute atomic E-state index is 5.90. The highest BCUT2D eigenvalue weighted by atomic mass is 32.2. The van der Waals surface area contributed by atoms with E-state index >= 15 is 0 Å². The van der Waals surface area contributed by atoms with Crippen LogP contribution in [-0.4, -0.2) is 9.97 Å². The zero-order valence-electron chi connectivity index (χ0n) is 11.4. The van der Waals surface area contributed by atoms with Gasteiger partial charge in [-0.25, -0.2) is 9.97 Å². The molecule has 3 nitrogen and oxygen atoms in total. The summed E-state index contributed by atoms with van der Waals surface area (Å²) in [5.74, 6) is 2.04. The molecule has 0 saturated carbocycles. The minimum atomic E-state index is 0.499. The molecule has 0 saturated heterocycles. The van der Waals surface area contributed by atoms with Crippen LogP contribution in [-0.2, 0) is 5.75 Å². The highest BCUT2D eigenvalue weighted by Gasteiger charge is 2.06. The van der Waals surface area contributed by atoms with E-state index in [1.54, 1.807) is 11.8 Å². The number of hydrogen-bond donors (Lipinski definition) is 1. The van der Waals surface area contributed by atoms with Crippen molar-refractivity contribution in [1.82, 2.24) is 9.97 Å². The first-order valence-corrected chi connectivity index (χ1v) is 7.66. The minimum Gasteiger partial charge on any atom is -0.384 e. The number of benzene rings is 2. The average Bonchev–Trinajstić information content (AvgIpc) is 2.54. The summed E-state index contributed by atoms with van der Waals surface area (Å²) < 4.78 is 0. The van der Waals surface area contributed by atoms with E-state index in [1.807, 2.05) is 54.6 Å². The van der Waals surface area contributed by atoms with Gasteiger partial charge in [-0.15, -0.1) is 11.8 Å². The molecule has 0 atom stereocenters. The van der Waals surface area contributed by atoms with Crippen LogP contribution in [0.15, 0.2) is 71.8 Å². The SMILES string of the molecule is Nc1cc(SCc2ccccc2)nc(-c2ccccc2)n1. The summed E-state index contributed by atoms with van der Waals surface area (Å²) in [7, 11) is 0. The monoisotopic (exact) mass is 293 g/mol. The van der Waals surface area contributed by atoms with Crippen molar-refractivity contribution in [3.63, 3.8) is 0 Å². The fourth-order valence-electron chi connectivity index (χ4n) is 1.96. The molecule has 3 aromatic rings. The first-order chi connectivity index (χ1) is 10.3. The van der Waals surface area contributed by atoms with Crippen molar-refractivity contribution in [1.29, 1.82) is 0 Å². The van der Waals surface area contributed by atoms with Gasteiger partial charge in [-0.2, -0.15) is 0 Å². The zero-order valence-corrected chi connectivity index (χ0v) is 12.3. The minimum absolute atomic E-state index is 0.499. The standard InChI is InChI=1S/C17H15N3S/c18-15-11-16(21-12-13-7-3-1-4-8-13)20-17(19-15)14-9-5-2-6-10-14/h1-11H,12H2,(H2,18,19,20). The third-order valence-corrected chi connectivity index (χ3v) is 3.97. The molecule has 2 N–H and O–H groups in total. The van der Waals surface area contributed by atoms with Gasteiger partial charge in [-0.05, 0) is 5.56 Å². The molecule has 1 heterocycles. The number of anilines is 1. The molecular weight excluding hydrogens is 278 g/mol. The second-order valence-corrected chi connectivity index (χ2v) is 5.59. The Labute approximate surface area is 128 Å². The lowest BCUT2D eigenvalue weighted by molar-refractivity contribution is 1.06. The molecule has 4 heteroatoms. The number of rotatable bonds is 4. The fraction of sp³-hybridized carbons (Fsp3) is 0.0588. The van der Waals surface area contributed by atoms with Gasteiger partial charge in [0, 0.05) is 17.4 Å². The molecule has 0 spiro atoms. The normalized spacial score (nSPS) is 10.5. The van der Waals surface area contributed by atoms with E-state index in [2.05, 4.69) is 22.1 Å². The van der Waals surface area contributed by atoms with E-state index in [4.69, 9.17) is 5.73 Å². The maximum Gasteiger partial charge on any atom is 0.162 e. The molecule has 0 amide bonds. The van der Waals surface area contributed by atoms with Gasteiger partial charge in [-0.3, -0.25) is 0 Å². The Kier molecular flexibility index (Phi) is 4.17. The molecule has 0 aliphatic heterocycles. The second kappa shape index (κ2) is 6.41. The van der Waals surface area contributed by atoms with Crippen molar-refractivity contribution in [3.8, 4) is 11.4 Å². The largest absolute Gasteiger partial charge is 0.384 e. The van der Waals surface area contributed by atoms with Crippen LogP contribution < -0.4 is 5.73 Å². The molecule has 104 valence electrons. The highest BCUT2D eigenvalue weighted by Crippen LogP contribution is 2.25. The molecule has 0 aliphatic rings. The molecule has 1 aromatic heterocycles. The van der Waals surface area contributed by atoms with E-state index in [-0.39, 0.29) is 0 Å².